The van der Waals surface area contributed by atoms with Crippen LogP contribution in [0.2, 0.25) is 0 Å². The summed E-state index contributed by atoms with van der Waals surface area (Å²) in [6, 6.07) is 12.7. The molecule has 0 aromatic heterocycles. The molecule has 8 heteroatoms. The van der Waals surface area contributed by atoms with Crippen molar-refractivity contribution in [3.05, 3.63) is 48.0 Å². The predicted molar refractivity (Wildman–Crippen MR) is 121 cm³/mol. The van der Waals surface area contributed by atoms with Crippen molar-refractivity contribution in [2.75, 3.05) is 10.6 Å². The lowest BCUT2D eigenvalue weighted by Gasteiger charge is -2.23. The van der Waals surface area contributed by atoms with E-state index in [1.54, 1.807) is 36.4 Å². The van der Waals surface area contributed by atoms with Crippen molar-refractivity contribution < 1.29 is 14.1 Å². The Labute approximate surface area is 183 Å². The molecule has 158 valence electrons. The average molecular weight is 444 g/mol. The Kier molecular flexibility index (Phi) is 6.67. The van der Waals surface area contributed by atoms with Crippen molar-refractivity contribution in [2.45, 2.75) is 60.1 Å². The smallest absolute Gasteiger partial charge is 0.255 e. The first-order chi connectivity index (χ1) is 14.5. The number of amides is 2. The summed E-state index contributed by atoms with van der Waals surface area (Å²) < 4.78 is 15.7. The Balaban J connectivity index is 1.38. The van der Waals surface area contributed by atoms with Crippen LogP contribution in [0.3, 0.4) is 0 Å². The SMILES string of the molecule is CC1Sc2ccc(C(=O)Nc3ccc([S+]([O-])NC4CCCCC4)cc3)cc2NC1=O. The molecule has 0 saturated heterocycles. The highest BCUT2D eigenvalue weighted by molar-refractivity contribution is 8.01. The van der Waals surface area contributed by atoms with E-state index >= 15 is 0 Å². The normalized spacial score (nSPS) is 20.2. The van der Waals surface area contributed by atoms with Gasteiger partial charge in [0.1, 0.15) is 0 Å². The van der Waals surface area contributed by atoms with Crippen molar-refractivity contribution in [1.82, 2.24) is 4.72 Å². The quantitative estimate of drug-likeness (QED) is 0.599. The van der Waals surface area contributed by atoms with E-state index in [9.17, 15) is 14.1 Å². The van der Waals surface area contributed by atoms with Gasteiger partial charge >= 0.3 is 0 Å². The van der Waals surface area contributed by atoms with Crippen LogP contribution in [0.1, 0.15) is 49.4 Å². The number of hydrogen-bond donors (Lipinski definition) is 3. The third-order valence-corrected chi connectivity index (χ3v) is 7.80. The zero-order valence-corrected chi connectivity index (χ0v) is 18.4. The van der Waals surface area contributed by atoms with E-state index in [0.717, 1.165) is 17.7 Å². The first kappa shape index (κ1) is 21.2. The molecule has 0 bridgehead atoms. The Bertz CT molecular complexity index is 930. The van der Waals surface area contributed by atoms with Gasteiger partial charge in [-0.25, -0.2) is 0 Å². The first-order valence-corrected chi connectivity index (χ1v) is 12.2. The lowest BCUT2D eigenvalue weighted by molar-refractivity contribution is -0.115. The van der Waals surface area contributed by atoms with E-state index in [2.05, 4.69) is 15.4 Å². The van der Waals surface area contributed by atoms with Crippen LogP contribution in [0.4, 0.5) is 11.4 Å². The summed E-state index contributed by atoms with van der Waals surface area (Å²) in [5, 5.41) is 5.55. The fourth-order valence-corrected chi connectivity index (χ4v) is 5.64. The minimum atomic E-state index is -1.25. The molecule has 2 unspecified atom stereocenters. The van der Waals surface area contributed by atoms with Gasteiger partial charge in [-0.3, -0.25) is 9.59 Å². The minimum absolute atomic E-state index is 0.0597. The zero-order chi connectivity index (χ0) is 21.1. The van der Waals surface area contributed by atoms with Crippen molar-refractivity contribution in [3.63, 3.8) is 0 Å². The lowest BCUT2D eigenvalue weighted by atomic mass is 9.96. The van der Waals surface area contributed by atoms with Gasteiger partial charge in [0.25, 0.3) is 5.91 Å². The molecular formula is C22H25N3O3S2. The second-order valence-corrected chi connectivity index (χ2v) is 10.3. The molecule has 2 aromatic carbocycles. The van der Waals surface area contributed by atoms with Gasteiger partial charge < -0.3 is 15.2 Å². The van der Waals surface area contributed by atoms with Crippen LogP contribution >= 0.6 is 11.8 Å². The van der Waals surface area contributed by atoms with E-state index < -0.39 is 11.4 Å². The Morgan fingerprint density at radius 2 is 1.87 bits per heavy atom. The van der Waals surface area contributed by atoms with E-state index in [-0.39, 0.29) is 17.1 Å². The van der Waals surface area contributed by atoms with Gasteiger partial charge in [-0.05, 0) is 62.2 Å². The third kappa shape index (κ3) is 5.00. The van der Waals surface area contributed by atoms with Crippen molar-refractivity contribution in [3.8, 4) is 0 Å². The highest BCUT2D eigenvalue weighted by Crippen LogP contribution is 2.36. The standard InChI is InChI=1S/C22H25N3O3S2/c1-14-21(26)24-19-13-15(7-12-20(19)29-14)22(27)23-16-8-10-18(11-9-16)30(28)25-17-5-3-2-4-6-17/h7-14,17,25H,2-6H2,1H3,(H,23,27)(H,24,26). The Morgan fingerprint density at radius 3 is 2.60 bits per heavy atom. The maximum absolute atomic E-state index is 12.6. The molecule has 1 aliphatic carbocycles. The average Bonchev–Trinajstić information content (AvgIpc) is 2.75. The second-order valence-electron chi connectivity index (χ2n) is 7.66. The molecule has 6 nitrogen and oxygen atoms in total. The zero-order valence-electron chi connectivity index (χ0n) is 16.8. The van der Waals surface area contributed by atoms with E-state index in [1.165, 1.54) is 31.0 Å². The molecule has 1 fully saturated rings. The number of anilines is 2. The van der Waals surface area contributed by atoms with Crippen molar-refractivity contribution >= 4 is 46.3 Å². The van der Waals surface area contributed by atoms with Gasteiger partial charge in [-0.1, -0.05) is 19.3 Å². The van der Waals surface area contributed by atoms with Crippen LogP contribution in [0, 0.1) is 0 Å². The number of nitrogens with one attached hydrogen (secondary N) is 3. The van der Waals surface area contributed by atoms with Crippen LogP contribution in [-0.2, 0) is 16.2 Å². The molecule has 2 amide bonds. The number of carbonyl (C=O) groups is 2. The molecule has 4 rings (SSSR count). The molecule has 0 spiro atoms. The van der Waals surface area contributed by atoms with Crippen molar-refractivity contribution in [1.29, 1.82) is 0 Å². The van der Waals surface area contributed by atoms with Gasteiger partial charge in [0.2, 0.25) is 5.91 Å². The van der Waals surface area contributed by atoms with E-state index in [0.29, 0.717) is 27.9 Å². The number of benzene rings is 2. The van der Waals surface area contributed by atoms with E-state index in [4.69, 9.17) is 0 Å². The maximum atomic E-state index is 12.6. The van der Waals surface area contributed by atoms with Gasteiger partial charge in [0.15, 0.2) is 4.90 Å². The lowest BCUT2D eigenvalue weighted by Crippen LogP contribution is -2.36. The number of hydrogen-bond acceptors (Lipinski definition) is 5. The molecule has 30 heavy (non-hydrogen) atoms. The summed E-state index contributed by atoms with van der Waals surface area (Å²) in [5.41, 5.74) is 1.76. The summed E-state index contributed by atoms with van der Waals surface area (Å²) in [4.78, 5) is 26.2. The molecule has 3 N–H and O–H groups in total. The molecule has 2 atom stereocenters. The topological polar surface area (TPSA) is 93.3 Å². The van der Waals surface area contributed by atoms with Crippen LogP contribution in [-0.4, -0.2) is 27.7 Å². The number of carbonyl (C=O) groups excluding carboxylic acids is 2. The summed E-state index contributed by atoms with van der Waals surface area (Å²) in [7, 11) is 0. The first-order valence-electron chi connectivity index (χ1n) is 10.2. The largest absolute Gasteiger partial charge is 0.593 e. The fourth-order valence-electron chi connectivity index (χ4n) is 3.65. The molecule has 1 heterocycles. The summed E-state index contributed by atoms with van der Waals surface area (Å²) >= 11 is 0.231. The Hall–Kier alpha value is -2.00. The van der Waals surface area contributed by atoms with Gasteiger partial charge in [0, 0.05) is 16.1 Å². The monoisotopic (exact) mass is 443 g/mol. The second kappa shape index (κ2) is 9.43. The molecule has 2 aromatic rings. The molecule has 0 radical (unpaired) electrons. The predicted octanol–water partition coefficient (Wildman–Crippen LogP) is 4.32. The highest BCUT2D eigenvalue weighted by atomic mass is 32.2. The molecule has 2 aliphatic rings. The highest BCUT2D eigenvalue weighted by Gasteiger charge is 2.24. The van der Waals surface area contributed by atoms with Crippen LogP contribution in [0.15, 0.2) is 52.3 Å². The number of thioether (sulfide) groups is 1. The molecule has 1 saturated carbocycles. The fraction of sp³-hybridized carbons (Fsp3) is 0.364. The van der Waals surface area contributed by atoms with E-state index in [1.807, 2.05) is 13.0 Å². The van der Waals surface area contributed by atoms with Gasteiger partial charge in [-0.15, -0.1) is 16.5 Å². The molecular weight excluding hydrogens is 418 g/mol. The number of fused-ring (bicyclic) bond motifs is 1. The Morgan fingerprint density at radius 1 is 1.13 bits per heavy atom. The van der Waals surface area contributed by atoms with Gasteiger partial charge in [-0.2, -0.15) is 0 Å². The molecule has 1 aliphatic heterocycles. The third-order valence-electron chi connectivity index (χ3n) is 5.38. The minimum Gasteiger partial charge on any atom is -0.593 e. The van der Waals surface area contributed by atoms with Crippen LogP contribution in [0.25, 0.3) is 0 Å². The number of rotatable bonds is 5. The van der Waals surface area contributed by atoms with Crippen LogP contribution in [0.5, 0.6) is 0 Å². The summed E-state index contributed by atoms with van der Waals surface area (Å²) in [6.07, 6.45) is 5.76. The summed E-state index contributed by atoms with van der Waals surface area (Å²) in [5.74, 6) is -0.319. The van der Waals surface area contributed by atoms with Gasteiger partial charge in [0.05, 0.1) is 28.3 Å². The van der Waals surface area contributed by atoms with Crippen molar-refractivity contribution in [2.24, 2.45) is 0 Å². The summed E-state index contributed by atoms with van der Waals surface area (Å²) in [6.45, 7) is 1.85. The maximum Gasteiger partial charge on any atom is 0.255 e. The van der Waals surface area contributed by atoms with Crippen LogP contribution < -0.4 is 15.4 Å².